The van der Waals surface area contributed by atoms with E-state index in [2.05, 4.69) is 35.0 Å². The fourth-order valence-corrected chi connectivity index (χ4v) is 4.06. The fourth-order valence-electron chi connectivity index (χ4n) is 4.06. The van der Waals surface area contributed by atoms with E-state index in [1.54, 1.807) is 21.3 Å². The summed E-state index contributed by atoms with van der Waals surface area (Å²) in [6.07, 6.45) is 1.06. The first-order valence-corrected chi connectivity index (χ1v) is 9.26. The zero-order chi connectivity index (χ0) is 19.0. The van der Waals surface area contributed by atoms with Crippen molar-refractivity contribution in [2.75, 3.05) is 27.9 Å². The summed E-state index contributed by atoms with van der Waals surface area (Å²) in [5.74, 6) is 2.20. The molecule has 2 heterocycles. The molecule has 0 spiro atoms. The summed E-state index contributed by atoms with van der Waals surface area (Å²) in [7, 11) is 4.99. The zero-order valence-electron chi connectivity index (χ0n) is 16.4. The van der Waals surface area contributed by atoms with E-state index in [4.69, 9.17) is 14.2 Å². The molecule has 0 amide bonds. The molecule has 1 aromatic heterocycles. The molecule has 27 heavy (non-hydrogen) atoms. The van der Waals surface area contributed by atoms with Crippen molar-refractivity contribution in [3.63, 3.8) is 0 Å². The minimum absolute atomic E-state index is 0.676. The Bertz CT molecular complexity index is 991. The van der Waals surface area contributed by atoms with Crippen molar-refractivity contribution in [1.29, 1.82) is 0 Å². The van der Waals surface area contributed by atoms with Crippen molar-refractivity contribution in [3.05, 3.63) is 52.7 Å². The lowest BCUT2D eigenvalue weighted by atomic mass is 10.0. The Labute approximate surface area is 159 Å². The van der Waals surface area contributed by atoms with Crippen molar-refractivity contribution in [2.24, 2.45) is 0 Å². The van der Waals surface area contributed by atoms with Crippen LogP contribution < -0.4 is 19.5 Å². The van der Waals surface area contributed by atoms with Gasteiger partial charge in [0, 0.05) is 34.8 Å². The maximum absolute atomic E-state index is 5.65. The van der Waals surface area contributed by atoms with Crippen LogP contribution in [0.25, 0.3) is 10.9 Å². The van der Waals surface area contributed by atoms with Crippen LogP contribution in [0.4, 0.5) is 0 Å². The van der Waals surface area contributed by atoms with Crippen LogP contribution in [0.2, 0.25) is 0 Å². The van der Waals surface area contributed by atoms with Gasteiger partial charge < -0.3 is 24.1 Å². The van der Waals surface area contributed by atoms with Gasteiger partial charge in [-0.15, -0.1) is 0 Å². The topological polar surface area (TPSA) is 44.7 Å². The van der Waals surface area contributed by atoms with Crippen LogP contribution in [0, 0.1) is 6.92 Å². The molecule has 4 rings (SSSR count). The number of aromatic nitrogens is 1. The molecule has 1 aliphatic rings. The molecule has 3 aromatic rings. The summed E-state index contributed by atoms with van der Waals surface area (Å²) in [6, 6.07) is 10.6. The fraction of sp³-hybridized carbons (Fsp3) is 0.364. The summed E-state index contributed by atoms with van der Waals surface area (Å²) >= 11 is 0. The first-order valence-electron chi connectivity index (χ1n) is 9.26. The standard InChI is InChI=1S/C22H26N2O3/c1-14-5-6-18-17(9-14)16-7-8-23-12-19(16)24(18)13-15-10-21(26-3)22(27-4)11-20(15)25-2/h5-6,9-11,23H,7-8,12-13H2,1-4H3. The van der Waals surface area contributed by atoms with E-state index in [9.17, 15) is 0 Å². The van der Waals surface area contributed by atoms with Gasteiger partial charge >= 0.3 is 0 Å². The summed E-state index contributed by atoms with van der Waals surface area (Å²) in [5, 5.41) is 4.88. The second-order valence-electron chi connectivity index (χ2n) is 6.98. The molecule has 0 saturated heterocycles. The monoisotopic (exact) mass is 366 g/mol. The quantitative estimate of drug-likeness (QED) is 0.748. The van der Waals surface area contributed by atoms with Crippen molar-refractivity contribution >= 4 is 10.9 Å². The smallest absolute Gasteiger partial charge is 0.164 e. The lowest BCUT2D eigenvalue weighted by molar-refractivity contribution is 0.347. The van der Waals surface area contributed by atoms with Gasteiger partial charge in [0.1, 0.15) is 5.75 Å². The first-order chi connectivity index (χ1) is 13.2. The molecule has 1 N–H and O–H groups in total. The van der Waals surface area contributed by atoms with Gasteiger partial charge in [-0.1, -0.05) is 11.6 Å². The largest absolute Gasteiger partial charge is 0.496 e. The lowest BCUT2D eigenvalue weighted by Crippen LogP contribution is -2.25. The molecular weight excluding hydrogens is 340 g/mol. The van der Waals surface area contributed by atoms with Crippen molar-refractivity contribution in [3.8, 4) is 17.2 Å². The number of fused-ring (bicyclic) bond motifs is 3. The van der Waals surface area contributed by atoms with E-state index in [1.807, 2.05) is 12.1 Å². The normalized spacial score (nSPS) is 13.5. The van der Waals surface area contributed by atoms with E-state index >= 15 is 0 Å². The highest BCUT2D eigenvalue weighted by molar-refractivity contribution is 5.86. The molecule has 0 unspecified atom stereocenters. The number of aryl methyl sites for hydroxylation is 1. The Morgan fingerprint density at radius 3 is 2.44 bits per heavy atom. The van der Waals surface area contributed by atoms with E-state index in [1.165, 1.54) is 27.7 Å². The number of methoxy groups -OCH3 is 3. The molecule has 5 nitrogen and oxygen atoms in total. The molecule has 5 heteroatoms. The number of ether oxygens (including phenoxy) is 3. The number of hydrogen-bond donors (Lipinski definition) is 1. The van der Waals surface area contributed by atoms with Crippen LogP contribution >= 0.6 is 0 Å². The highest BCUT2D eigenvalue weighted by atomic mass is 16.5. The average Bonchev–Trinajstić information content (AvgIpc) is 3.00. The third-order valence-corrected chi connectivity index (χ3v) is 5.40. The maximum Gasteiger partial charge on any atom is 0.164 e. The average molecular weight is 366 g/mol. The maximum atomic E-state index is 5.65. The second-order valence-corrected chi connectivity index (χ2v) is 6.98. The van der Waals surface area contributed by atoms with Crippen LogP contribution in [0.1, 0.15) is 22.4 Å². The number of benzene rings is 2. The van der Waals surface area contributed by atoms with E-state index < -0.39 is 0 Å². The van der Waals surface area contributed by atoms with Crippen molar-refractivity contribution < 1.29 is 14.2 Å². The van der Waals surface area contributed by atoms with Gasteiger partial charge in [0.05, 0.1) is 27.9 Å². The lowest BCUT2D eigenvalue weighted by Gasteiger charge is -2.19. The van der Waals surface area contributed by atoms with Gasteiger partial charge in [0.15, 0.2) is 11.5 Å². The predicted octanol–water partition coefficient (Wildman–Crippen LogP) is 3.67. The molecule has 2 aromatic carbocycles. The van der Waals surface area contributed by atoms with Gasteiger partial charge in [-0.25, -0.2) is 0 Å². The number of hydrogen-bond acceptors (Lipinski definition) is 4. The number of nitrogens with zero attached hydrogens (tertiary/aromatic N) is 1. The third-order valence-electron chi connectivity index (χ3n) is 5.40. The Morgan fingerprint density at radius 2 is 1.70 bits per heavy atom. The van der Waals surface area contributed by atoms with E-state index in [0.717, 1.165) is 37.4 Å². The first kappa shape index (κ1) is 17.7. The van der Waals surface area contributed by atoms with Gasteiger partial charge in [0.25, 0.3) is 0 Å². The minimum Gasteiger partial charge on any atom is -0.496 e. The van der Waals surface area contributed by atoms with Crippen LogP contribution in [0.15, 0.2) is 30.3 Å². The molecule has 1 aliphatic heterocycles. The van der Waals surface area contributed by atoms with Gasteiger partial charge in [0.2, 0.25) is 0 Å². The minimum atomic E-state index is 0.676. The van der Waals surface area contributed by atoms with Crippen LogP contribution in [-0.2, 0) is 19.5 Å². The van der Waals surface area contributed by atoms with Gasteiger partial charge in [-0.05, 0) is 43.7 Å². The summed E-state index contributed by atoms with van der Waals surface area (Å²) < 4.78 is 19.0. The molecule has 0 fully saturated rings. The molecule has 0 aliphatic carbocycles. The van der Waals surface area contributed by atoms with Crippen LogP contribution in [-0.4, -0.2) is 32.4 Å². The highest BCUT2D eigenvalue weighted by Gasteiger charge is 2.21. The summed E-state index contributed by atoms with van der Waals surface area (Å²) in [5.41, 5.74) is 6.46. The molecule has 142 valence electrons. The SMILES string of the molecule is COc1cc(OC)c(OC)cc1Cn1c2c(c3cc(C)ccc31)CCNC2. The van der Waals surface area contributed by atoms with E-state index in [-0.39, 0.29) is 0 Å². The predicted molar refractivity (Wildman–Crippen MR) is 107 cm³/mol. The van der Waals surface area contributed by atoms with Gasteiger partial charge in [-0.3, -0.25) is 0 Å². The second kappa shape index (κ2) is 7.16. The van der Waals surface area contributed by atoms with Gasteiger partial charge in [-0.2, -0.15) is 0 Å². The molecular formula is C22H26N2O3. The summed E-state index contributed by atoms with van der Waals surface area (Å²) in [6.45, 7) is 4.79. The van der Waals surface area contributed by atoms with Crippen LogP contribution in [0.5, 0.6) is 17.2 Å². The van der Waals surface area contributed by atoms with Crippen molar-refractivity contribution in [2.45, 2.75) is 26.4 Å². The number of rotatable bonds is 5. The third kappa shape index (κ3) is 3.02. The Morgan fingerprint density at radius 1 is 0.963 bits per heavy atom. The van der Waals surface area contributed by atoms with Crippen molar-refractivity contribution in [1.82, 2.24) is 9.88 Å². The molecule has 0 atom stereocenters. The Hall–Kier alpha value is -2.66. The molecule has 0 saturated carbocycles. The van der Waals surface area contributed by atoms with E-state index in [0.29, 0.717) is 11.5 Å². The Balaban J connectivity index is 1.87. The number of nitrogens with one attached hydrogen (secondary N) is 1. The molecule has 0 bridgehead atoms. The molecule has 0 radical (unpaired) electrons. The zero-order valence-corrected chi connectivity index (χ0v) is 16.4. The Kier molecular flexibility index (Phi) is 4.70. The highest BCUT2D eigenvalue weighted by Crippen LogP contribution is 2.37. The summed E-state index contributed by atoms with van der Waals surface area (Å²) in [4.78, 5) is 0. The van der Waals surface area contributed by atoms with Crippen LogP contribution in [0.3, 0.4) is 0 Å².